The second-order valence-corrected chi connectivity index (χ2v) is 6.21. The maximum absolute atomic E-state index is 13.1. The molecular formula is C15H17FN2S. The molecular weight excluding hydrogens is 259 g/mol. The molecule has 0 aliphatic heterocycles. The van der Waals surface area contributed by atoms with Gasteiger partial charge in [0.15, 0.2) is 0 Å². The average Bonchev–Trinajstić information content (AvgIpc) is 2.83. The predicted octanol–water partition coefficient (Wildman–Crippen LogP) is 3.53. The van der Waals surface area contributed by atoms with Gasteiger partial charge in [-0.2, -0.15) is 0 Å². The van der Waals surface area contributed by atoms with Crippen LogP contribution in [0.5, 0.6) is 0 Å². The first-order valence-electron chi connectivity index (χ1n) is 6.74. The molecule has 0 saturated carbocycles. The van der Waals surface area contributed by atoms with Crippen molar-refractivity contribution in [2.75, 3.05) is 5.73 Å². The SMILES string of the molecule is Nc1cc(CCc2nc3c(s2)CCCC3)ccc1F. The van der Waals surface area contributed by atoms with Crippen LogP contribution in [0.15, 0.2) is 18.2 Å². The molecule has 0 radical (unpaired) electrons. The lowest BCUT2D eigenvalue weighted by molar-refractivity contribution is 0.631. The van der Waals surface area contributed by atoms with Crippen LogP contribution in [0, 0.1) is 5.82 Å². The van der Waals surface area contributed by atoms with Gasteiger partial charge in [-0.15, -0.1) is 11.3 Å². The van der Waals surface area contributed by atoms with Gasteiger partial charge in [0.1, 0.15) is 5.82 Å². The van der Waals surface area contributed by atoms with Gasteiger partial charge in [0.2, 0.25) is 0 Å². The first kappa shape index (κ1) is 12.6. The van der Waals surface area contributed by atoms with Crippen LogP contribution in [0.1, 0.15) is 34.0 Å². The molecule has 100 valence electrons. The first-order chi connectivity index (χ1) is 9.22. The molecule has 1 aromatic heterocycles. The number of hydrogen-bond donors (Lipinski definition) is 1. The van der Waals surface area contributed by atoms with Crippen LogP contribution in [-0.4, -0.2) is 4.98 Å². The van der Waals surface area contributed by atoms with E-state index in [0.29, 0.717) is 0 Å². The Hall–Kier alpha value is -1.42. The lowest BCUT2D eigenvalue weighted by atomic mass is 10.0. The van der Waals surface area contributed by atoms with E-state index in [-0.39, 0.29) is 11.5 Å². The molecule has 2 nitrogen and oxygen atoms in total. The number of nitrogen functional groups attached to an aromatic ring is 1. The fourth-order valence-corrected chi connectivity index (χ4v) is 3.67. The van der Waals surface area contributed by atoms with Crippen molar-refractivity contribution in [2.45, 2.75) is 38.5 Å². The molecule has 19 heavy (non-hydrogen) atoms. The highest BCUT2D eigenvalue weighted by Crippen LogP contribution is 2.27. The summed E-state index contributed by atoms with van der Waals surface area (Å²) in [6, 6.07) is 4.97. The van der Waals surface area contributed by atoms with Crippen LogP contribution in [0.2, 0.25) is 0 Å². The van der Waals surface area contributed by atoms with E-state index in [1.165, 1.54) is 40.9 Å². The fourth-order valence-electron chi connectivity index (χ4n) is 2.51. The number of anilines is 1. The molecule has 0 atom stereocenters. The maximum atomic E-state index is 13.1. The minimum absolute atomic E-state index is 0.232. The molecule has 1 aliphatic carbocycles. The number of benzene rings is 1. The highest BCUT2D eigenvalue weighted by Gasteiger charge is 2.14. The molecule has 0 saturated heterocycles. The van der Waals surface area contributed by atoms with E-state index < -0.39 is 0 Å². The van der Waals surface area contributed by atoms with Crippen molar-refractivity contribution in [3.63, 3.8) is 0 Å². The molecule has 2 aromatic rings. The number of fused-ring (bicyclic) bond motifs is 1. The van der Waals surface area contributed by atoms with Gasteiger partial charge in [0.05, 0.1) is 16.4 Å². The number of rotatable bonds is 3. The Kier molecular flexibility index (Phi) is 3.51. The number of thiazole rings is 1. The Labute approximate surface area is 116 Å². The largest absolute Gasteiger partial charge is 0.396 e. The Morgan fingerprint density at radius 1 is 1.21 bits per heavy atom. The number of hydrogen-bond acceptors (Lipinski definition) is 3. The van der Waals surface area contributed by atoms with Crippen molar-refractivity contribution in [2.24, 2.45) is 0 Å². The van der Waals surface area contributed by atoms with Gasteiger partial charge in [-0.3, -0.25) is 0 Å². The van der Waals surface area contributed by atoms with Gasteiger partial charge in [0.25, 0.3) is 0 Å². The predicted molar refractivity (Wildman–Crippen MR) is 77.0 cm³/mol. The van der Waals surface area contributed by atoms with Gasteiger partial charge in [-0.25, -0.2) is 9.37 Å². The summed E-state index contributed by atoms with van der Waals surface area (Å²) in [6.45, 7) is 0. The van der Waals surface area contributed by atoms with Crippen LogP contribution in [0.3, 0.4) is 0 Å². The minimum Gasteiger partial charge on any atom is -0.396 e. The Bertz CT molecular complexity index is 568. The molecule has 1 aromatic carbocycles. The van der Waals surface area contributed by atoms with Crippen LogP contribution < -0.4 is 5.73 Å². The number of aromatic nitrogens is 1. The van der Waals surface area contributed by atoms with Gasteiger partial charge < -0.3 is 5.73 Å². The molecule has 0 fully saturated rings. The highest BCUT2D eigenvalue weighted by molar-refractivity contribution is 7.11. The zero-order valence-corrected chi connectivity index (χ0v) is 11.6. The normalized spacial score (nSPS) is 14.4. The van der Waals surface area contributed by atoms with E-state index in [2.05, 4.69) is 0 Å². The Balaban J connectivity index is 1.68. The molecule has 4 heteroatoms. The maximum Gasteiger partial charge on any atom is 0.146 e. The lowest BCUT2D eigenvalue weighted by Gasteiger charge is -2.06. The van der Waals surface area contributed by atoms with Gasteiger partial charge in [0, 0.05) is 11.3 Å². The zero-order chi connectivity index (χ0) is 13.2. The smallest absolute Gasteiger partial charge is 0.146 e. The van der Waals surface area contributed by atoms with E-state index in [9.17, 15) is 4.39 Å². The number of halogens is 1. The molecule has 0 spiro atoms. The second-order valence-electron chi connectivity index (χ2n) is 5.04. The van der Waals surface area contributed by atoms with Crippen LogP contribution in [0.4, 0.5) is 10.1 Å². The lowest BCUT2D eigenvalue weighted by Crippen LogP contribution is -1.99. The van der Waals surface area contributed by atoms with E-state index in [4.69, 9.17) is 10.7 Å². The average molecular weight is 276 g/mol. The number of nitrogens with zero attached hydrogens (tertiary/aromatic N) is 1. The topological polar surface area (TPSA) is 38.9 Å². The third kappa shape index (κ3) is 2.78. The summed E-state index contributed by atoms with van der Waals surface area (Å²) in [5.41, 5.74) is 8.20. The van der Waals surface area contributed by atoms with E-state index in [1.54, 1.807) is 12.1 Å². The van der Waals surface area contributed by atoms with Crippen molar-refractivity contribution in [1.29, 1.82) is 0 Å². The minimum atomic E-state index is -0.339. The molecule has 0 bridgehead atoms. The fraction of sp³-hybridized carbons (Fsp3) is 0.400. The van der Waals surface area contributed by atoms with Crippen molar-refractivity contribution in [3.8, 4) is 0 Å². The molecule has 1 heterocycles. The summed E-state index contributed by atoms with van der Waals surface area (Å²) in [4.78, 5) is 6.19. The van der Waals surface area contributed by atoms with Crippen molar-refractivity contribution in [1.82, 2.24) is 4.98 Å². The summed E-state index contributed by atoms with van der Waals surface area (Å²) in [5, 5.41) is 1.20. The summed E-state index contributed by atoms with van der Waals surface area (Å²) in [7, 11) is 0. The van der Waals surface area contributed by atoms with E-state index in [0.717, 1.165) is 24.8 Å². The third-order valence-corrected chi connectivity index (χ3v) is 4.80. The monoisotopic (exact) mass is 276 g/mol. The first-order valence-corrected chi connectivity index (χ1v) is 7.55. The quantitative estimate of drug-likeness (QED) is 0.871. The summed E-state index contributed by atoms with van der Waals surface area (Å²) < 4.78 is 13.1. The van der Waals surface area contributed by atoms with Gasteiger partial charge in [-0.1, -0.05) is 6.07 Å². The summed E-state index contributed by atoms with van der Waals surface area (Å²) in [6.07, 6.45) is 6.68. The molecule has 0 unspecified atom stereocenters. The van der Waals surface area contributed by atoms with Crippen molar-refractivity contribution >= 4 is 17.0 Å². The van der Waals surface area contributed by atoms with Crippen molar-refractivity contribution in [3.05, 3.63) is 45.2 Å². The zero-order valence-electron chi connectivity index (χ0n) is 10.8. The number of nitrogens with two attached hydrogens (primary N) is 1. The van der Waals surface area contributed by atoms with Gasteiger partial charge >= 0.3 is 0 Å². The molecule has 0 amide bonds. The highest BCUT2D eigenvalue weighted by atomic mass is 32.1. The third-order valence-electron chi connectivity index (χ3n) is 3.58. The molecule has 3 rings (SSSR count). The van der Waals surface area contributed by atoms with Crippen molar-refractivity contribution < 1.29 is 4.39 Å². The van der Waals surface area contributed by atoms with Crippen LogP contribution in [-0.2, 0) is 25.7 Å². The van der Waals surface area contributed by atoms with Gasteiger partial charge in [-0.05, 0) is 49.8 Å². The molecule has 2 N–H and O–H groups in total. The Morgan fingerprint density at radius 2 is 2.05 bits per heavy atom. The van der Waals surface area contributed by atoms with E-state index >= 15 is 0 Å². The Morgan fingerprint density at radius 3 is 2.84 bits per heavy atom. The van der Waals surface area contributed by atoms with E-state index in [1.807, 2.05) is 11.3 Å². The number of aryl methyl sites for hydroxylation is 4. The summed E-state index contributed by atoms with van der Waals surface area (Å²) >= 11 is 1.85. The second kappa shape index (κ2) is 5.29. The molecule has 1 aliphatic rings. The van der Waals surface area contributed by atoms with Crippen LogP contribution >= 0.6 is 11.3 Å². The van der Waals surface area contributed by atoms with Crippen LogP contribution in [0.25, 0.3) is 0 Å². The standard InChI is InChI=1S/C15H17FN2S/c16-11-7-5-10(9-12(11)17)6-8-15-18-13-3-1-2-4-14(13)19-15/h5,7,9H,1-4,6,8,17H2. The summed E-state index contributed by atoms with van der Waals surface area (Å²) in [5.74, 6) is -0.339.